The summed E-state index contributed by atoms with van der Waals surface area (Å²) in [4.78, 5) is 19.9. The van der Waals surface area contributed by atoms with Crippen molar-refractivity contribution in [2.75, 3.05) is 0 Å². The summed E-state index contributed by atoms with van der Waals surface area (Å²) in [5.41, 5.74) is 0.429. The Labute approximate surface area is 140 Å². The van der Waals surface area contributed by atoms with Crippen LogP contribution in [0.2, 0.25) is 0 Å². The van der Waals surface area contributed by atoms with E-state index in [1.54, 1.807) is 18.2 Å². The molecule has 0 atom stereocenters. The molecular formula is C15H16FIN2OS. The summed E-state index contributed by atoms with van der Waals surface area (Å²) in [6.45, 7) is 6.06. The Morgan fingerprint density at radius 1 is 1.33 bits per heavy atom. The second-order valence-corrected chi connectivity index (χ2v) is 7.74. The summed E-state index contributed by atoms with van der Waals surface area (Å²) >= 11 is 3.34. The summed E-state index contributed by atoms with van der Waals surface area (Å²) in [7, 11) is 0. The van der Waals surface area contributed by atoms with Gasteiger partial charge in [-0.1, -0.05) is 32.9 Å². The van der Waals surface area contributed by atoms with Gasteiger partial charge in [-0.25, -0.2) is 9.37 Å². The van der Waals surface area contributed by atoms with Gasteiger partial charge in [-0.05, 0) is 34.7 Å². The van der Waals surface area contributed by atoms with Crippen LogP contribution in [0.4, 0.5) is 4.39 Å². The number of aromatic amines is 1. The maximum Gasteiger partial charge on any atom is 0.264 e. The Bertz CT molecular complexity index is 710. The van der Waals surface area contributed by atoms with E-state index in [0.29, 0.717) is 20.0 Å². The van der Waals surface area contributed by atoms with Crippen molar-refractivity contribution < 1.29 is 4.39 Å². The summed E-state index contributed by atoms with van der Waals surface area (Å²) in [6.07, 6.45) is 0. The lowest BCUT2D eigenvalue weighted by Crippen LogP contribution is -2.25. The molecule has 112 valence electrons. The molecular weight excluding hydrogens is 402 g/mol. The number of halogens is 2. The molecule has 2 aromatic rings. The minimum atomic E-state index is -0.258. The largest absolute Gasteiger partial charge is 0.309 e. The Kier molecular flexibility index (Phi) is 5.08. The zero-order valence-electron chi connectivity index (χ0n) is 12.0. The van der Waals surface area contributed by atoms with E-state index >= 15 is 0 Å². The minimum absolute atomic E-state index is 0.139. The van der Waals surface area contributed by atoms with Crippen molar-refractivity contribution in [2.45, 2.75) is 36.8 Å². The first-order chi connectivity index (χ1) is 9.79. The van der Waals surface area contributed by atoms with Gasteiger partial charge >= 0.3 is 0 Å². The van der Waals surface area contributed by atoms with Crippen molar-refractivity contribution in [2.24, 2.45) is 0 Å². The molecule has 6 heteroatoms. The van der Waals surface area contributed by atoms with E-state index < -0.39 is 0 Å². The molecule has 0 fully saturated rings. The van der Waals surface area contributed by atoms with Crippen molar-refractivity contribution in [3.63, 3.8) is 0 Å². The minimum Gasteiger partial charge on any atom is -0.309 e. The SMILES string of the molecule is CC(C)(C)c1nc(CSc2ccccc2F)[nH]c(=O)c1I. The highest BCUT2D eigenvalue weighted by Gasteiger charge is 2.22. The number of nitrogens with zero attached hydrogens (tertiary/aromatic N) is 1. The van der Waals surface area contributed by atoms with E-state index in [1.807, 2.05) is 43.4 Å². The number of hydrogen-bond donors (Lipinski definition) is 1. The summed E-state index contributed by atoms with van der Waals surface area (Å²) in [5, 5.41) is 0. The Balaban J connectivity index is 2.28. The van der Waals surface area contributed by atoms with Crippen LogP contribution in [0.25, 0.3) is 0 Å². The predicted octanol–water partition coefficient (Wildman–Crippen LogP) is 4.10. The molecule has 2 rings (SSSR count). The number of nitrogens with one attached hydrogen (secondary N) is 1. The fourth-order valence-corrected chi connectivity index (χ4v) is 3.65. The summed E-state index contributed by atoms with van der Waals surface area (Å²) in [5.74, 6) is 0.737. The highest BCUT2D eigenvalue weighted by molar-refractivity contribution is 14.1. The number of benzene rings is 1. The van der Waals surface area contributed by atoms with E-state index in [1.165, 1.54) is 17.8 Å². The predicted molar refractivity (Wildman–Crippen MR) is 92.2 cm³/mol. The van der Waals surface area contributed by atoms with Crippen molar-refractivity contribution in [3.05, 3.63) is 55.5 Å². The van der Waals surface area contributed by atoms with Crippen molar-refractivity contribution in [3.8, 4) is 0 Å². The van der Waals surface area contributed by atoms with E-state index in [0.717, 1.165) is 5.69 Å². The molecule has 0 aliphatic rings. The van der Waals surface area contributed by atoms with E-state index in [9.17, 15) is 9.18 Å². The molecule has 0 aliphatic carbocycles. The van der Waals surface area contributed by atoms with Crippen LogP contribution in [0.3, 0.4) is 0 Å². The maximum atomic E-state index is 13.6. The van der Waals surface area contributed by atoms with Crippen LogP contribution in [-0.4, -0.2) is 9.97 Å². The van der Waals surface area contributed by atoms with Crippen LogP contribution < -0.4 is 5.56 Å². The molecule has 0 saturated carbocycles. The molecule has 1 heterocycles. The second kappa shape index (κ2) is 6.48. The van der Waals surface area contributed by atoms with Gasteiger partial charge < -0.3 is 4.98 Å². The first kappa shape index (κ1) is 16.5. The van der Waals surface area contributed by atoms with Gasteiger partial charge in [-0.15, -0.1) is 11.8 Å². The van der Waals surface area contributed by atoms with Gasteiger partial charge in [0.15, 0.2) is 0 Å². The molecule has 1 aromatic heterocycles. The molecule has 0 saturated heterocycles. The molecule has 3 nitrogen and oxygen atoms in total. The Morgan fingerprint density at radius 3 is 2.62 bits per heavy atom. The normalized spacial score (nSPS) is 11.7. The third-order valence-corrected chi connectivity index (χ3v) is 4.88. The van der Waals surface area contributed by atoms with Gasteiger partial charge in [-0.3, -0.25) is 4.79 Å². The monoisotopic (exact) mass is 418 g/mol. The standard InChI is InChI=1S/C15H16FIN2OS/c1-15(2,3)13-12(17)14(20)19-11(18-13)8-21-10-7-5-4-6-9(10)16/h4-7H,8H2,1-3H3,(H,18,19,20). The highest BCUT2D eigenvalue weighted by atomic mass is 127. The highest BCUT2D eigenvalue weighted by Crippen LogP contribution is 2.26. The average molecular weight is 418 g/mol. The zero-order chi connectivity index (χ0) is 15.6. The third-order valence-electron chi connectivity index (χ3n) is 2.82. The maximum absolute atomic E-state index is 13.6. The molecule has 0 spiro atoms. The van der Waals surface area contributed by atoms with E-state index in [2.05, 4.69) is 9.97 Å². The van der Waals surface area contributed by atoms with Crippen molar-refractivity contribution in [1.29, 1.82) is 0 Å². The van der Waals surface area contributed by atoms with Gasteiger partial charge in [0.1, 0.15) is 15.2 Å². The molecule has 0 radical (unpaired) electrons. The lowest BCUT2D eigenvalue weighted by Gasteiger charge is -2.19. The van der Waals surface area contributed by atoms with Gasteiger partial charge in [0.25, 0.3) is 5.56 Å². The molecule has 0 aliphatic heterocycles. The van der Waals surface area contributed by atoms with E-state index in [-0.39, 0.29) is 16.8 Å². The van der Waals surface area contributed by atoms with Gasteiger partial charge in [0.2, 0.25) is 0 Å². The Hall–Kier alpha value is -0.890. The number of aromatic nitrogens is 2. The lowest BCUT2D eigenvalue weighted by molar-refractivity contribution is 0.557. The fourth-order valence-electron chi connectivity index (χ4n) is 1.78. The van der Waals surface area contributed by atoms with Gasteiger partial charge in [-0.2, -0.15) is 0 Å². The van der Waals surface area contributed by atoms with Gasteiger partial charge in [0.05, 0.1) is 11.4 Å². The van der Waals surface area contributed by atoms with Crippen molar-refractivity contribution in [1.82, 2.24) is 9.97 Å². The topological polar surface area (TPSA) is 45.8 Å². The molecule has 0 bridgehead atoms. The van der Waals surface area contributed by atoms with Crippen LogP contribution in [0.5, 0.6) is 0 Å². The molecule has 1 N–H and O–H groups in total. The van der Waals surface area contributed by atoms with Crippen LogP contribution in [-0.2, 0) is 11.2 Å². The lowest BCUT2D eigenvalue weighted by atomic mass is 9.92. The molecule has 21 heavy (non-hydrogen) atoms. The van der Waals surface area contributed by atoms with Gasteiger partial charge in [0, 0.05) is 10.3 Å². The van der Waals surface area contributed by atoms with Crippen LogP contribution in [0.1, 0.15) is 32.3 Å². The molecule has 0 unspecified atom stereocenters. The third kappa shape index (κ3) is 4.06. The quantitative estimate of drug-likeness (QED) is 0.603. The average Bonchev–Trinajstić information content (AvgIpc) is 2.40. The fraction of sp³-hybridized carbons (Fsp3) is 0.333. The summed E-state index contributed by atoms with van der Waals surface area (Å²) in [6, 6.07) is 6.58. The number of H-pyrrole nitrogens is 1. The summed E-state index contributed by atoms with van der Waals surface area (Å²) < 4.78 is 14.2. The number of thioether (sulfide) groups is 1. The van der Waals surface area contributed by atoms with E-state index in [4.69, 9.17) is 0 Å². The molecule has 0 amide bonds. The smallest absolute Gasteiger partial charge is 0.264 e. The van der Waals surface area contributed by atoms with Crippen LogP contribution in [0, 0.1) is 9.39 Å². The Morgan fingerprint density at radius 2 is 2.00 bits per heavy atom. The number of hydrogen-bond acceptors (Lipinski definition) is 3. The van der Waals surface area contributed by atoms with Crippen molar-refractivity contribution >= 4 is 34.4 Å². The first-order valence-electron chi connectivity index (χ1n) is 6.45. The zero-order valence-corrected chi connectivity index (χ0v) is 15.0. The number of rotatable bonds is 3. The second-order valence-electron chi connectivity index (χ2n) is 5.64. The molecule has 1 aromatic carbocycles. The first-order valence-corrected chi connectivity index (χ1v) is 8.52. The van der Waals surface area contributed by atoms with Crippen LogP contribution >= 0.6 is 34.4 Å². The van der Waals surface area contributed by atoms with Crippen LogP contribution in [0.15, 0.2) is 34.0 Å².